The van der Waals surface area contributed by atoms with Crippen molar-refractivity contribution < 1.29 is 29.3 Å². The molecule has 8 nitrogen and oxygen atoms in total. The minimum Gasteiger partial charge on any atom is -0.445 e. The maximum Gasteiger partial charge on any atom is 0.410 e. The normalized spacial score (nSPS) is 29.6. The summed E-state index contributed by atoms with van der Waals surface area (Å²) in [6, 6.07) is 19.2. The van der Waals surface area contributed by atoms with Crippen LogP contribution in [0, 0.1) is 11.8 Å². The third-order valence-corrected chi connectivity index (χ3v) is 7.78. The van der Waals surface area contributed by atoms with Gasteiger partial charge in [0.25, 0.3) is 0 Å². The lowest BCUT2D eigenvalue weighted by Gasteiger charge is -2.29. The van der Waals surface area contributed by atoms with Crippen molar-refractivity contribution in [2.24, 2.45) is 11.8 Å². The van der Waals surface area contributed by atoms with Gasteiger partial charge >= 0.3 is 12.2 Å². The summed E-state index contributed by atoms with van der Waals surface area (Å²) < 4.78 is 10.6. The van der Waals surface area contributed by atoms with Gasteiger partial charge in [-0.2, -0.15) is 0 Å². The zero-order valence-electron chi connectivity index (χ0n) is 20.3. The first-order valence-electron chi connectivity index (χ1n) is 12.8. The molecule has 8 heteroatoms. The molecule has 2 aliphatic heterocycles. The summed E-state index contributed by atoms with van der Waals surface area (Å²) in [7, 11) is 0. The fourth-order valence-electron chi connectivity index (χ4n) is 6.01. The Bertz CT molecular complexity index is 951. The number of aliphatic hydroxyl groups excluding tert-OH is 2. The average molecular weight is 495 g/mol. The summed E-state index contributed by atoms with van der Waals surface area (Å²) in [6.45, 7) is 2.05. The third-order valence-electron chi connectivity index (χ3n) is 7.78. The number of nitrogens with zero attached hydrogens (tertiary/aromatic N) is 2. The van der Waals surface area contributed by atoms with E-state index in [0.717, 1.165) is 49.9 Å². The van der Waals surface area contributed by atoms with Crippen LogP contribution in [0.25, 0.3) is 0 Å². The number of ether oxygens (including phenoxy) is 2. The first-order chi connectivity index (χ1) is 17.5. The van der Waals surface area contributed by atoms with Crippen LogP contribution in [-0.4, -0.2) is 69.6 Å². The Labute approximate surface area is 211 Å². The number of likely N-dealkylation sites (tertiary alicyclic amines) is 2. The highest BCUT2D eigenvalue weighted by molar-refractivity contribution is 5.69. The van der Waals surface area contributed by atoms with Crippen LogP contribution in [0.3, 0.4) is 0 Å². The number of hydrogen-bond donors (Lipinski definition) is 2. The van der Waals surface area contributed by atoms with E-state index in [1.165, 1.54) is 0 Å². The van der Waals surface area contributed by atoms with Gasteiger partial charge in [-0.1, -0.05) is 60.7 Å². The van der Waals surface area contributed by atoms with E-state index in [0.29, 0.717) is 25.0 Å². The summed E-state index contributed by atoms with van der Waals surface area (Å²) in [6.07, 6.45) is 2.15. The molecule has 2 aromatic carbocycles. The van der Waals surface area contributed by atoms with Crippen LogP contribution in [0.4, 0.5) is 9.59 Å². The first-order valence-corrected chi connectivity index (χ1v) is 12.8. The van der Waals surface area contributed by atoms with E-state index < -0.39 is 0 Å². The molecule has 2 aromatic rings. The molecule has 36 heavy (non-hydrogen) atoms. The number of aliphatic hydroxyl groups is 2. The summed E-state index contributed by atoms with van der Waals surface area (Å²) >= 11 is 0. The van der Waals surface area contributed by atoms with Gasteiger partial charge in [-0.15, -0.1) is 0 Å². The van der Waals surface area contributed by atoms with Crippen molar-refractivity contribution in [2.45, 2.75) is 63.2 Å². The summed E-state index contributed by atoms with van der Waals surface area (Å²) in [5, 5.41) is 19.5. The second kappa shape index (κ2) is 10.9. The van der Waals surface area contributed by atoms with Crippen molar-refractivity contribution in [3.63, 3.8) is 0 Å². The molecule has 192 valence electrons. The molecule has 0 radical (unpaired) electrons. The smallest absolute Gasteiger partial charge is 0.410 e. The molecule has 2 saturated carbocycles. The molecule has 0 spiro atoms. The Morgan fingerprint density at radius 1 is 0.667 bits per heavy atom. The molecule has 6 atom stereocenters. The highest BCUT2D eigenvalue weighted by Gasteiger charge is 2.47. The van der Waals surface area contributed by atoms with Gasteiger partial charge in [-0.05, 0) is 48.6 Å². The summed E-state index contributed by atoms with van der Waals surface area (Å²) in [5.74, 6) is 0.906. The lowest BCUT2D eigenvalue weighted by molar-refractivity contribution is 0.0366. The number of carbonyl (C=O) groups is 2. The molecule has 2 aliphatic carbocycles. The summed E-state index contributed by atoms with van der Waals surface area (Å²) in [4.78, 5) is 27.3. The van der Waals surface area contributed by atoms with Crippen LogP contribution < -0.4 is 0 Å². The van der Waals surface area contributed by atoms with Crippen molar-refractivity contribution in [3.8, 4) is 0 Å². The standard InChI is InChI=1S/2C14H17NO3/c2*16-13-7-11-6-12(13)15(8-11)14(17)18-9-10-4-2-1-3-5-10/h2*1-5,11-13,16H,6-9H2/t2*11-,12+,13-/m10/s1. The SMILES string of the molecule is O=C(OCc1ccccc1)N1C[C@H]2C[C@@H](O)[C@@H]1C2.O=C(OCc1ccccc1)N1C[C@H]2C[C@@H]1[C@@H](O)C2. The van der Waals surface area contributed by atoms with Crippen molar-refractivity contribution in [1.82, 2.24) is 9.80 Å². The number of fused-ring (bicyclic) bond motifs is 4. The number of hydrogen-bond acceptors (Lipinski definition) is 6. The van der Waals surface area contributed by atoms with Gasteiger partial charge in [0.05, 0.1) is 24.3 Å². The Morgan fingerprint density at radius 2 is 1.06 bits per heavy atom. The monoisotopic (exact) mass is 494 g/mol. The molecule has 6 rings (SSSR count). The van der Waals surface area contributed by atoms with Gasteiger partial charge in [-0.3, -0.25) is 0 Å². The number of carbonyl (C=O) groups excluding carboxylic acids is 2. The maximum absolute atomic E-state index is 11.9. The molecule has 4 fully saturated rings. The van der Waals surface area contributed by atoms with Gasteiger partial charge in [0.1, 0.15) is 13.2 Å². The number of benzene rings is 2. The van der Waals surface area contributed by atoms with Crippen LogP contribution >= 0.6 is 0 Å². The summed E-state index contributed by atoms with van der Waals surface area (Å²) in [5.41, 5.74) is 1.96. The van der Waals surface area contributed by atoms with Gasteiger partial charge in [-0.25, -0.2) is 9.59 Å². The van der Waals surface area contributed by atoms with Gasteiger partial charge in [0.15, 0.2) is 0 Å². The van der Waals surface area contributed by atoms with Crippen LogP contribution in [0.15, 0.2) is 60.7 Å². The predicted molar refractivity (Wildman–Crippen MR) is 132 cm³/mol. The molecule has 2 N–H and O–H groups in total. The molecule has 2 amide bonds. The van der Waals surface area contributed by atoms with Crippen molar-refractivity contribution in [3.05, 3.63) is 71.8 Å². The topological polar surface area (TPSA) is 99.5 Å². The van der Waals surface area contributed by atoms with Crippen molar-refractivity contribution in [2.75, 3.05) is 13.1 Å². The Hall–Kier alpha value is -3.10. The highest BCUT2D eigenvalue weighted by Crippen LogP contribution is 2.39. The quantitative estimate of drug-likeness (QED) is 0.674. The van der Waals surface area contributed by atoms with E-state index in [4.69, 9.17) is 9.47 Å². The fraction of sp³-hybridized carbons (Fsp3) is 0.500. The van der Waals surface area contributed by atoms with Crippen molar-refractivity contribution >= 4 is 12.2 Å². The Balaban J connectivity index is 0.000000148. The molecular formula is C28H34N2O6. The average Bonchev–Trinajstić information content (AvgIpc) is 3.68. The van der Waals surface area contributed by atoms with E-state index in [2.05, 4.69) is 0 Å². The van der Waals surface area contributed by atoms with E-state index >= 15 is 0 Å². The molecule has 2 heterocycles. The third kappa shape index (κ3) is 5.50. The van der Waals surface area contributed by atoms with Crippen LogP contribution in [0.5, 0.6) is 0 Å². The van der Waals surface area contributed by atoms with E-state index in [9.17, 15) is 19.8 Å². The second-order valence-corrected chi connectivity index (χ2v) is 10.3. The van der Waals surface area contributed by atoms with Crippen LogP contribution in [-0.2, 0) is 22.7 Å². The Morgan fingerprint density at radius 3 is 1.39 bits per heavy atom. The van der Waals surface area contributed by atoms with E-state index in [-0.39, 0.29) is 36.5 Å². The fourth-order valence-corrected chi connectivity index (χ4v) is 6.01. The molecule has 4 aliphatic rings. The molecule has 0 aromatic heterocycles. The van der Waals surface area contributed by atoms with Crippen LogP contribution in [0.1, 0.15) is 36.8 Å². The highest BCUT2D eigenvalue weighted by atomic mass is 16.6. The number of rotatable bonds is 4. The maximum atomic E-state index is 11.9. The zero-order chi connectivity index (χ0) is 25.1. The second-order valence-electron chi connectivity index (χ2n) is 10.3. The van der Waals surface area contributed by atoms with Gasteiger partial charge < -0.3 is 29.5 Å². The van der Waals surface area contributed by atoms with Gasteiger partial charge in [0, 0.05) is 13.1 Å². The largest absolute Gasteiger partial charge is 0.445 e. The lowest BCUT2D eigenvalue weighted by atomic mass is 10.1. The molecule has 0 unspecified atom stereocenters. The van der Waals surface area contributed by atoms with E-state index in [1.807, 2.05) is 60.7 Å². The lowest BCUT2D eigenvalue weighted by Crippen LogP contribution is -2.44. The first kappa shape index (κ1) is 24.6. The van der Waals surface area contributed by atoms with Gasteiger partial charge in [0.2, 0.25) is 0 Å². The number of amides is 2. The zero-order valence-corrected chi connectivity index (χ0v) is 20.3. The van der Waals surface area contributed by atoms with Crippen LogP contribution in [0.2, 0.25) is 0 Å². The minimum atomic E-state index is -0.368. The number of piperidine rings is 2. The predicted octanol–water partition coefficient (Wildman–Crippen LogP) is 3.56. The minimum absolute atomic E-state index is 0.0294. The van der Waals surface area contributed by atoms with E-state index in [1.54, 1.807) is 9.80 Å². The Kier molecular flexibility index (Phi) is 7.43. The van der Waals surface area contributed by atoms with Crippen molar-refractivity contribution in [1.29, 1.82) is 0 Å². The molecule has 4 bridgehead atoms. The molecule has 2 saturated heterocycles. The molecular weight excluding hydrogens is 460 g/mol.